The SMILES string of the molecule is COC(=O)C1Cc2ccccc2CN1C(=O)CSc1nc2ccccc2c(=O)n1-c1ccccc1C. The predicted molar refractivity (Wildman–Crippen MR) is 139 cm³/mol. The van der Waals surface area contributed by atoms with E-state index in [1.165, 1.54) is 18.9 Å². The molecule has 0 N–H and O–H groups in total. The minimum Gasteiger partial charge on any atom is -0.467 e. The number of amides is 1. The van der Waals surface area contributed by atoms with Crippen LogP contribution < -0.4 is 5.56 Å². The summed E-state index contributed by atoms with van der Waals surface area (Å²) in [5.74, 6) is -0.640. The highest BCUT2D eigenvalue weighted by atomic mass is 32.2. The molecule has 0 fully saturated rings. The average Bonchev–Trinajstić information content (AvgIpc) is 2.91. The van der Waals surface area contributed by atoms with Crippen LogP contribution in [0, 0.1) is 6.92 Å². The average molecular weight is 500 g/mol. The minimum absolute atomic E-state index is 0.0202. The predicted octanol–water partition coefficient (Wildman–Crippen LogP) is 3.91. The number of hydrogen-bond acceptors (Lipinski definition) is 6. The summed E-state index contributed by atoms with van der Waals surface area (Å²) in [6.45, 7) is 2.26. The highest BCUT2D eigenvalue weighted by molar-refractivity contribution is 7.99. The third-order valence-electron chi connectivity index (χ3n) is 6.47. The molecule has 1 unspecified atom stereocenters. The second kappa shape index (κ2) is 9.99. The number of para-hydroxylation sites is 2. The lowest BCUT2D eigenvalue weighted by Crippen LogP contribution is -2.49. The largest absolute Gasteiger partial charge is 0.467 e. The molecule has 5 rings (SSSR count). The van der Waals surface area contributed by atoms with Crippen LogP contribution in [0.3, 0.4) is 0 Å². The van der Waals surface area contributed by atoms with Crippen LogP contribution in [0.25, 0.3) is 16.6 Å². The highest BCUT2D eigenvalue weighted by Gasteiger charge is 2.35. The molecule has 0 bridgehead atoms. The van der Waals surface area contributed by atoms with E-state index in [0.29, 0.717) is 29.0 Å². The summed E-state index contributed by atoms with van der Waals surface area (Å²) in [5, 5.41) is 0.934. The number of carbonyl (C=O) groups excluding carboxylic acids is 2. The Morgan fingerprint density at radius 1 is 1.00 bits per heavy atom. The highest BCUT2D eigenvalue weighted by Crippen LogP contribution is 2.27. The van der Waals surface area contributed by atoms with Gasteiger partial charge in [0.2, 0.25) is 5.91 Å². The first-order valence-electron chi connectivity index (χ1n) is 11.6. The molecule has 1 atom stereocenters. The van der Waals surface area contributed by atoms with Gasteiger partial charge in [-0.1, -0.05) is 66.4 Å². The van der Waals surface area contributed by atoms with Crippen molar-refractivity contribution in [1.82, 2.24) is 14.5 Å². The molecule has 0 aliphatic carbocycles. The van der Waals surface area contributed by atoms with Gasteiger partial charge in [0.25, 0.3) is 5.56 Å². The number of rotatable bonds is 5. The lowest BCUT2D eigenvalue weighted by Gasteiger charge is -2.35. The zero-order chi connectivity index (χ0) is 25.2. The number of aryl methyl sites for hydroxylation is 1. The van der Waals surface area contributed by atoms with E-state index in [1.54, 1.807) is 21.6 Å². The number of nitrogens with zero attached hydrogens (tertiary/aromatic N) is 3. The molecule has 4 aromatic rings. The molecule has 3 aromatic carbocycles. The van der Waals surface area contributed by atoms with Crippen molar-refractivity contribution < 1.29 is 14.3 Å². The number of fused-ring (bicyclic) bond motifs is 2. The summed E-state index contributed by atoms with van der Waals surface area (Å²) in [6.07, 6.45) is 0.404. The standard InChI is InChI=1S/C28H25N3O4S/c1-18-9-3-8-14-23(18)31-26(33)21-12-6-7-13-22(21)29-28(31)36-17-25(32)30-16-20-11-5-4-10-19(20)15-24(30)27(34)35-2/h3-14,24H,15-17H2,1-2H3. The quantitative estimate of drug-likeness (QED) is 0.235. The number of esters is 1. The molecular formula is C28H25N3O4S. The number of carbonyl (C=O) groups is 2. The molecule has 1 aromatic heterocycles. The van der Waals surface area contributed by atoms with E-state index in [0.717, 1.165) is 22.4 Å². The second-order valence-corrected chi connectivity index (χ2v) is 9.60. The Hall–Kier alpha value is -3.91. The summed E-state index contributed by atoms with van der Waals surface area (Å²) in [6, 6.07) is 21.9. The van der Waals surface area contributed by atoms with Gasteiger partial charge in [0, 0.05) is 13.0 Å². The molecule has 1 aliphatic heterocycles. The van der Waals surface area contributed by atoms with Crippen molar-refractivity contribution in [2.45, 2.75) is 31.1 Å². The van der Waals surface area contributed by atoms with Gasteiger partial charge in [-0.2, -0.15) is 0 Å². The molecule has 0 saturated heterocycles. The summed E-state index contributed by atoms with van der Waals surface area (Å²) >= 11 is 1.19. The van der Waals surface area contributed by atoms with Crippen molar-refractivity contribution in [3.63, 3.8) is 0 Å². The Balaban J connectivity index is 1.50. The lowest BCUT2D eigenvalue weighted by atomic mass is 9.94. The fourth-order valence-electron chi connectivity index (χ4n) is 4.58. The molecule has 0 radical (unpaired) electrons. The number of benzene rings is 3. The third-order valence-corrected chi connectivity index (χ3v) is 7.39. The van der Waals surface area contributed by atoms with E-state index in [-0.39, 0.29) is 17.2 Å². The van der Waals surface area contributed by atoms with Crippen LogP contribution in [0.4, 0.5) is 0 Å². The topological polar surface area (TPSA) is 81.5 Å². The minimum atomic E-state index is -0.693. The zero-order valence-electron chi connectivity index (χ0n) is 20.0. The van der Waals surface area contributed by atoms with Crippen molar-refractivity contribution in [3.8, 4) is 5.69 Å². The molecule has 1 amide bonds. The van der Waals surface area contributed by atoms with Gasteiger partial charge in [-0.25, -0.2) is 9.78 Å². The van der Waals surface area contributed by atoms with Crippen molar-refractivity contribution in [2.24, 2.45) is 0 Å². The first kappa shape index (κ1) is 23.8. The van der Waals surface area contributed by atoms with Crippen LogP contribution in [0.15, 0.2) is 82.7 Å². The first-order chi connectivity index (χ1) is 17.5. The molecule has 182 valence electrons. The Morgan fingerprint density at radius 2 is 1.69 bits per heavy atom. The summed E-state index contributed by atoms with van der Waals surface area (Å²) < 4.78 is 6.57. The Labute approximate surface area is 212 Å². The first-order valence-corrected chi connectivity index (χ1v) is 12.6. The Kier molecular flexibility index (Phi) is 6.61. The van der Waals surface area contributed by atoms with Crippen molar-refractivity contribution in [1.29, 1.82) is 0 Å². The maximum Gasteiger partial charge on any atom is 0.328 e. The van der Waals surface area contributed by atoms with Crippen molar-refractivity contribution in [2.75, 3.05) is 12.9 Å². The molecule has 0 saturated carbocycles. The summed E-state index contributed by atoms with van der Waals surface area (Å²) in [5.41, 5.74) is 4.06. The lowest BCUT2D eigenvalue weighted by molar-refractivity contribution is -0.153. The van der Waals surface area contributed by atoms with Crippen molar-refractivity contribution in [3.05, 3.63) is 99.8 Å². The number of methoxy groups -OCH3 is 1. The molecule has 8 heteroatoms. The number of aromatic nitrogens is 2. The van der Waals surface area contributed by atoms with E-state index in [1.807, 2.05) is 67.6 Å². The molecular weight excluding hydrogens is 474 g/mol. The van der Waals surface area contributed by atoms with E-state index < -0.39 is 12.0 Å². The van der Waals surface area contributed by atoms with Crippen LogP contribution >= 0.6 is 11.8 Å². The maximum absolute atomic E-state index is 13.5. The van der Waals surface area contributed by atoms with Gasteiger partial charge in [-0.05, 0) is 41.8 Å². The van der Waals surface area contributed by atoms with Gasteiger partial charge in [-0.3, -0.25) is 14.2 Å². The van der Waals surface area contributed by atoms with E-state index >= 15 is 0 Å². The summed E-state index contributed by atoms with van der Waals surface area (Å²) in [4.78, 5) is 45.8. The Bertz CT molecular complexity index is 1530. The number of ether oxygens (including phenoxy) is 1. The van der Waals surface area contributed by atoms with E-state index in [9.17, 15) is 14.4 Å². The van der Waals surface area contributed by atoms with Gasteiger partial charge >= 0.3 is 5.97 Å². The van der Waals surface area contributed by atoms with Crippen LogP contribution in [-0.2, 0) is 27.3 Å². The molecule has 2 heterocycles. The monoisotopic (exact) mass is 499 g/mol. The maximum atomic E-state index is 13.5. The van der Waals surface area contributed by atoms with Crippen LogP contribution in [0.1, 0.15) is 16.7 Å². The van der Waals surface area contributed by atoms with Gasteiger partial charge < -0.3 is 9.64 Å². The summed E-state index contributed by atoms with van der Waals surface area (Å²) in [7, 11) is 1.33. The molecule has 7 nitrogen and oxygen atoms in total. The molecule has 36 heavy (non-hydrogen) atoms. The van der Waals surface area contributed by atoms with Crippen LogP contribution in [-0.4, -0.2) is 45.2 Å². The van der Waals surface area contributed by atoms with Crippen LogP contribution in [0.5, 0.6) is 0 Å². The number of hydrogen-bond donors (Lipinski definition) is 0. The van der Waals surface area contributed by atoms with E-state index in [4.69, 9.17) is 9.72 Å². The second-order valence-electron chi connectivity index (χ2n) is 8.66. The smallest absolute Gasteiger partial charge is 0.328 e. The normalized spacial score (nSPS) is 14.9. The van der Waals surface area contributed by atoms with Crippen molar-refractivity contribution >= 4 is 34.5 Å². The van der Waals surface area contributed by atoms with E-state index in [2.05, 4.69) is 0 Å². The molecule has 1 aliphatic rings. The Morgan fingerprint density at radius 3 is 2.47 bits per heavy atom. The van der Waals surface area contributed by atoms with Gasteiger partial charge in [0.1, 0.15) is 6.04 Å². The molecule has 0 spiro atoms. The van der Waals surface area contributed by atoms with Gasteiger partial charge in [-0.15, -0.1) is 0 Å². The van der Waals surface area contributed by atoms with Crippen LogP contribution in [0.2, 0.25) is 0 Å². The fraction of sp³-hybridized carbons (Fsp3) is 0.214. The third kappa shape index (κ3) is 4.40. The zero-order valence-corrected chi connectivity index (χ0v) is 20.8. The van der Waals surface area contributed by atoms with Gasteiger partial charge in [0.15, 0.2) is 5.16 Å². The number of thioether (sulfide) groups is 1. The van der Waals surface area contributed by atoms with Gasteiger partial charge in [0.05, 0.1) is 29.5 Å². The fourth-order valence-corrected chi connectivity index (χ4v) is 5.47.